The predicted octanol–water partition coefficient (Wildman–Crippen LogP) is 0.638. The predicted molar refractivity (Wildman–Crippen MR) is 48.0 cm³/mol. The molecule has 2 N–H and O–H groups in total. The van der Waals surface area contributed by atoms with E-state index in [0.717, 1.165) is 5.69 Å². The van der Waals surface area contributed by atoms with Crippen molar-refractivity contribution >= 4 is 0 Å². The highest BCUT2D eigenvalue weighted by atomic mass is 16.7. The first-order valence-corrected chi connectivity index (χ1v) is 4.20. The quantitative estimate of drug-likeness (QED) is 0.504. The summed E-state index contributed by atoms with van der Waals surface area (Å²) in [6.45, 7) is 3.11. The maximum Gasteiger partial charge on any atom is 0.0916 e. The van der Waals surface area contributed by atoms with Gasteiger partial charge in [-0.2, -0.15) is 10.6 Å². The molecular weight excluding hydrogens is 170 g/mol. The van der Waals surface area contributed by atoms with Crippen LogP contribution < -0.4 is 5.48 Å². The summed E-state index contributed by atoms with van der Waals surface area (Å²) < 4.78 is 4.83. The molecule has 0 saturated carbocycles. The lowest BCUT2D eigenvalue weighted by molar-refractivity contribution is -0.00991. The maximum atomic E-state index is 5.14. The largest absolute Gasteiger partial charge is 0.382 e. The number of hydroxylamine groups is 1. The molecule has 1 aromatic rings. The Labute approximate surface area is 77.4 Å². The van der Waals surface area contributed by atoms with Crippen molar-refractivity contribution in [1.29, 1.82) is 0 Å². The summed E-state index contributed by atoms with van der Waals surface area (Å²) in [6.07, 6.45) is 1.71. The average molecular weight is 185 g/mol. The molecule has 0 aliphatic carbocycles. The second kappa shape index (κ2) is 5.69. The Morgan fingerprint density at radius 2 is 2.46 bits per heavy atom. The van der Waals surface area contributed by atoms with Crippen LogP contribution in [0.2, 0.25) is 0 Å². The monoisotopic (exact) mass is 185 g/mol. The number of hydrogen-bond acceptors (Lipinski definition) is 4. The molecule has 0 radical (unpaired) electrons. The van der Waals surface area contributed by atoms with E-state index in [1.807, 2.05) is 13.0 Å². The first kappa shape index (κ1) is 10.2. The normalized spacial score (nSPS) is 13.1. The van der Waals surface area contributed by atoms with Gasteiger partial charge in [-0.25, -0.2) is 0 Å². The van der Waals surface area contributed by atoms with E-state index in [9.17, 15) is 0 Å². The molecule has 0 aliphatic rings. The van der Waals surface area contributed by atoms with Crippen LogP contribution in [0.3, 0.4) is 0 Å². The van der Waals surface area contributed by atoms with Crippen molar-refractivity contribution in [1.82, 2.24) is 15.7 Å². The summed E-state index contributed by atoms with van der Waals surface area (Å²) in [5.74, 6) is 0. The third kappa shape index (κ3) is 3.54. The highest BCUT2D eigenvalue weighted by Gasteiger charge is 2.04. The first-order valence-electron chi connectivity index (χ1n) is 4.20. The molecule has 0 spiro atoms. The number of methoxy groups -OCH3 is 1. The SMILES string of the molecule is COCCONC(C)c1ccn[nH]1. The van der Waals surface area contributed by atoms with Gasteiger partial charge in [0.15, 0.2) is 0 Å². The van der Waals surface area contributed by atoms with Crippen LogP contribution in [0.1, 0.15) is 18.7 Å². The van der Waals surface area contributed by atoms with Crippen molar-refractivity contribution < 1.29 is 9.57 Å². The van der Waals surface area contributed by atoms with Crippen molar-refractivity contribution in [2.24, 2.45) is 0 Å². The molecule has 1 rings (SSSR count). The van der Waals surface area contributed by atoms with Crippen LogP contribution in [0.4, 0.5) is 0 Å². The summed E-state index contributed by atoms with van der Waals surface area (Å²) in [7, 11) is 1.64. The van der Waals surface area contributed by atoms with Gasteiger partial charge < -0.3 is 4.74 Å². The van der Waals surface area contributed by atoms with Crippen molar-refractivity contribution in [3.63, 3.8) is 0 Å². The number of aromatic amines is 1. The van der Waals surface area contributed by atoms with E-state index in [1.165, 1.54) is 0 Å². The Bertz CT molecular complexity index is 213. The molecule has 0 bridgehead atoms. The highest BCUT2D eigenvalue weighted by molar-refractivity contribution is 5.01. The molecule has 0 amide bonds. The average Bonchev–Trinajstić information content (AvgIpc) is 2.65. The minimum atomic E-state index is 0.111. The Balaban J connectivity index is 2.15. The molecular formula is C8H15N3O2. The molecule has 1 aromatic heterocycles. The molecule has 0 fully saturated rings. The highest BCUT2D eigenvalue weighted by Crippen LogP contribution is 2.06. The standard InChI is InChI=1S/C8H15N3O2/c1-7(8-3-4-9-10-8)11-13-6-5-12-2/h3-4,7,11H,5-6H2,1-2H3,(H,9,10). The minimum Gasteiger partial charge on any atom is -0.382 e. The Hall–Kier alpha value is -0.910. The van der Waals surface area contributed by atoms with E-state index >= 15 is 0 Å². The van der Waals surface area contributed by atoms with E-state index in [1.54, 1.807) is 13.3 Å². The van der Waals surface area contributed by atoms with Crippen molar-refractivity contribution in [3.05, 3.63) is 18.0 Å². The zero-order valence-corrected chi connectivity index (χ0v) is 7.91. The van der Waals surface area contributed by atoms with Gasteiger partial charge in [0.2, 0.25) is 0 Å². The number of nitrogens with one attached hydrogen (secondary N) is 2. The molecule has 13 heavy (non-hydrogen) atoms. The maximum absolute atomic E-state index is 5.14. The second-order valence-corrected chi connectivity index (χ2v) is 2.69. The molecule has 0 aliphatic heterocycles. The van der Waals surface area contributed by atoms with Gasteiger partial charge in [0.25, 0.3) is 0 Å². The molecule has 1 heterocycles. The van der Waals surface area contributed by atoms with E-state index < -0.39 is 0 Å². The van der Waals surface area contributed by atoms with Gasteiger partial charge in [-0.3, -0.25) is 9.94 Å². The van der Waals surface area contributed by atoms with E-state index in [2.05, 4.69) is 15.7 Å². The number of H-pyrrole nitrogens is 1. The lowest BCUT2D eigenvalue weighted by Gasteiger charge is -2.11. The number of aromatic nitrogens is 2. The number of rotatable bonds is 6. The molecule has 74 valence electrons. The second-order valence-electron chi connectivity index (χ2n) is 2.69. The van der Waals surface area contributed by atoms with Crippen LogP contribution in [0.5, 0.6) is 0 Å². The Kier molecular flexibility index (Phi) is 4.45. The topological polar surface area (TPSA) is 59.2 Å². The molecule has 5 heteroatoms. The van der Waals surface area contributed by atoms with Gasteiger partial charge in [0.05, 0.1) is 24.9 Å². The lowest BCUT2D eigenvalue weighted by atomic mass is 10.3. The molecule has 0 saturated heterocycles. The van der Waals surface area contributed by atoms with Gasteiger partial charge >= 0.3 is 0 Å². The molecule has 1 atom stereocenters. The van der Waals surface area contributed by atoms with Crippen LogP contribution in [0.25, 0.3) is 0 Å². The van der Waals surface area contributed by atoms with Crippen molar-refractivity contribution in [2.45, 2.75) is 13.0 Å². The van der Waals surface area contributed by atoms with Crippen LogP contribution in [-0.4, -0.2) is 30.5 Å². The van der Waals surface area contributed by atoms with Crippen LogP contribution in [0.15, 0.2) is 12.3 Å². The smallest absolute Gasteiger partial charge is 0.0916 e. The number of ether oxygens (including phenoxy) is 1. The Morgan fingerprint density at radius 3 is 3.08 bits per heavy atom. The zero-order valence-electron chi connectivity index (χ0n) is 7.91. The van der Waals surface area contributed by atoms with Gasteiger partial charge in [0.1, 0.15) is 0 Å². The van der Waals surface area contributed by atoms with Crippen molar-refractivity contribution in [2.75, 3.05) is 20.3 Å². The Morgan fingerprint density at radius 1 is 1.62 bits per heavy atom. The molecule has 1 unspecified atom stereocenters. The summed E-state index contributed by atoms with van der Waals surface area (Å²) in [5.41, 5.74) is 3.87. The minimum absolute atomic E-state index is 0.111. The fourth-order valence-corrected chi connectivity index (χ4v) is 0.880. The summed E-state index contributed by atoms with van der Waals surface area (Å²) in [4.78, 5) is 5.14. The van der Waals surface area contributed by atoms with E-state index in [0.29, 0.717) is 13.2 Å². The summed E-state index contributed by atoms with van der Waals surface area (Å²) in [5, 5.41) is 6.70. The van der Waals surface area contributed by atoms with Crippen LogP contribution in [-0.2, 0) is 9.57 Å². The van der Waals surface area contributed by atoms with E-state index in [-0.39, 0.29) is 6.04 Å². The van der Waals surface area contributed by atoms with Gasteiger partial charge in [-0.1, -0.05) is 0 Å². The number of nitrogens with zero attached hydrogens (tertiary/aromatic N) is 1. The third-order valence-corrected chi connectivity index (χ3v) is 1.64. The molecule has 0 aromatic carbocycles. The summed E-state index contributed by atoms with van der Waals surface area (Å²) in [6, 6.07) is 2.01. The van der Waals surface area contributed by atoms with Crippen LogP contribution in [0, 0.1) is 0 Å². The zero-order chi connectivity index (χ0) is 9.52. The fourth-order valence-electron chi connectivity index (χ4n) is 0.880. The van der Waals surface area contributed by atoms with Gasteiger partial charge in [-0.15, -0.1) is 0 Å². The summed E-state index contributed by atoms with van der Waals surface area (Å²) >= 11 is 0. The fraction of sp³-hybridized carbons (Fsp3) is 0.625. The van der Waals surface area contributed by atoms with Crippen LogP contribution >= 0.6 is 0 Å². The van der Waals surface area contributed by atoms with Crippen molar-refractivity contribution in [3.8, 4) is 0 Å². The molecule has 5 nitrogen and oxygen atoms in total. The number of hydrogen-bond donors (Lipinski definition) is 2. The third-order valence-electron chi connectivity index (χ3n) is 1.64. The first-order chi connectivity index (χ1) is 6.34. The van der Waals surface area contributed by atoms with E-state index in [4.69, 9.17) is 9.57 Å². The lowest BCUT2D eigenvalue weighted by Crippen LogP contribution is -2.21. The van der Waals surface area contributed by atoms with Gasteiger partial charge in [-0.05, 0) is 13.0 Å². The van der Waals surface area contributed by atoms with Gasteiger partial charge in [0, 0.05) is 13.3 Å².